The molecule has 19 heavy (non-hydrogen) atoms. The van der Waals surface area contributed by atoms with Gasteiger partial charge in [0.25, 0.3) is 0 Å². The molecule has 0 bridgehead atoms. The number of hydrogen-bond donors (Lipinski definition) is 1. The van der Waals surface area contributed by atoms with Crippen molar-refractivity contribution in [2.45, 2.75) is 13.5 Å². The van der Waals surface area contributed by atoms with Crippen molar-refractivity contribution in [3.63, 3.8) is 0 Å². The molecule has 2 rings (SSSR count). The Balaban J connectivity index is 2.05. The van der Waals surface area contributed by atoms with Gasteiger partial charge in [0.05, 0.1) is 11.8 Å². The molecule has 0 aliphatic carbocycles. The van der Waals surface area contributed by atoms with Crippen LogP contribution >= 0.6 is 0 Å². The number of anilines is 1. The minimum absolute atomic E-state index is 0.0303. The number of aryl methyl sites for hydroxylation is 1. The number of carbonyl (C=O) groups is 1. The van der Waals surface area contributed by atoms with E-state index in [9.17, 15) is 9.18 Å². The SMILES string of the molecule is Cc1cc(N)cc(C(=O)OCc2cncc(F)c2)c1. The number of benzene rings is 1. The van der Waals surface area contributed by atoms with Crippen LogP contribution in [0.3, 0.4) is 0 Å². The summed E-state index contributed by atoms with van der Waals surface area (Å²) in [5.74, 6) is -0.965. The summed E-state index contributed by atoms with van der Waals surface area (Å²) >= 11 is 0. The number of pyridine rings is 1. The molecule has 0 unspecified atom stereocenters. The van der Waals surface area contributed by atoms with Crippen molar-refractivity contribution >= 4 is 11.7 Å². The summed E-state index contributed by atoms with van der Waals surface area (Å²) in [5, 5.41) is 0. The number of nitrogens with two attached hydrogens (primary N) is 1. The van der Waals surface area contributed by atoms with Crippen LogP contribution < -0.4 is 5.73 Å². The molecule has 0 radical (unpaired) electrons. The standard InChI is InChI=1S/C14H13FN2O2/c1-9-2-11(5-13(16)3-9)14(18)19-8-10-4-12(15)7-17-6-10/h2-7H,8,16H2,1H3. The van der Waals surface area contributed by atoms with Gasteiger partial charge in [-0.3, -0.25) is 4.98 Å². The summed E-state index contributed by atoms with van der Waals surface area (Å²) in [7, 11) is 0. The highest BCUT2D eigenvalue weighted by Crippen LogP contribution is 2.13. The van der Waals surface area contributed by atoms with E-state index in [4.69, 9.17) is 10.5 Å². The molecular weight excluding hydrogens is 247 g/mol. The zero-order chi connectivity index (χ0) is 13.8. The predicted molar refractivity (Wildman–Crippen MR) is 68.9 cm³/mol. The molecule has 0 fully saturated rings. The number of carbonyl (C=O) groups excluding carboxylic acids is 1. The van der Waals surface area contributed by atoms with Gasteiger partial charge in [-0.1, -0.05) is 0 Å². The molecule has 1 aromatic heterocycles. The second kappa shape index (κ2) is 5.48. The monoisotopic (exact) mass is 260 g/mol. The van der Waals surface area contributed by atoms with Gasteiger partial charge in [0, 0.05) is 17.4 Å². The van der Waals surface area contributed by atoms with Crippen molar-refractivity contribution < 1.29 is 13.9 Å². The number of aromatic nitrogens is 1. The molecule has 0 saturated heterocycles. The third-order valence-corrected chi connectivity index (χ3v) is 2.47. The van der Waals surface area contributed by atoms with Crippen molar-refractivity contribution in [1.82, 2.24) is 4.98 Å². The smallest absolute Gasteiger partial charge is 0.338 e. The first-order valence-electron chi connectivity index (χ1n) is 5.68. The fourth-order valence-corrected chi connectivity index (χ4v) is 1.70. The van der Waals surface area contributed by atoms with Gasteiger partial charge in [-0.05, 0) is 36.8 Å². The average Bonchev–Trinajstić information content (AvgIpc) is 2.35. The first-order valence-corrected chi connectivity index (χ1v) is 5.68. The third-order valence-electron chi connectivity index (χ3n) is 2.47. The summed E-state index contributed by atoms with van der Waals surface area (Å²) < 4.78 is 18.0. The Morgan fingerprint density at radius 2 is 2.11 bits per heavy atom. The maximum atomic E-state index is 12.9. The van der Waals surface area contributed by atoms with Gasteiger partial charge in [-0.15, -0.1) is 0 Å². The number of ether oxygens (including phenoxy) is 1. The second-order valence-electron chi connectivity index (χ2n) is 4.22. The molecule has 2 N–H and O–H groups in total. The predicted octanol–water partition coefficient (Wildman–Crippen LogP) is 2.47. The van der Waals surface area contributed by atoms with Crippen LogP contribution in [-0.2, 0) is 11.3 Å². The first kappa shape index (κ1) is 13.0. The van der Waals surface area contributed by atoms with Gasteiger partial charge in [-0.2, -0.15) is 0 Å². The van der Waals surface area contributed by atoms with Crippen molar-refractivity contribution in [2.75, 3.05) is 5.73 Å². The molecule has 0 aliphatic heterocycles. The summed E-state index contributed by atoms with van der Waals surface area (Å²) in [4.78, 5) is 15.5. The van der Waals surface area contributed by atoms with E-state index in [1.54, 1.807) is 18.2 Å². The Kier molecular flexibility index (Phi) is 3.75. The lowest BCUT2D eigenvalue weighted by Gasteiger charge is -2.06. The molecule has 0 atom stereocenters. The molecule has 1 aromatic carbocycles. The molecule has 5 heteroatoms. The van der Waals surface area contributed by atoms with E-state index in [1.165, 1.54) is 12.3 Å². The van der Waals surface area contributed by atoms with Crippen LogP contribution in [0.15, 0.2) is 36.7 Å². The number of rotatable bonds is 3. The minimum Gasteiger partial charge on any atom is -0.457 e. The molecule has 0 aliphatic rings. The topological polar surface area (TPSA) is 65.2 Å². The average molecular weight is 260 g/mol. The quantitative estimate of drug-likeness (QED) is 0.680. The number of nitrogens with zero attached hydrogens (tertiary/aromatic N) is 1. The van der Waals surface area contributed by atoms with Gasteiger partial charge in [0.2, 0.25) is 0 Å². The van der Waals surface area contributed by atoms with Gasteiger partial charge in [-0.25, -0.2) is 9.18 Å². The normalized spacial score (nSPS) is 10.2. The summed E-state index contributed by atoms with van der Waals surface area (Å²) in [5.41, 5.74) is 7.90. The highest BCUT2D eigenvalue weighted by molar-refractivity contribution is 5.90. The largest absolute Gasteiger partial charge is 0.457 e. The lowest BCUT2D eigenvalue weighted by Crippen LogP contribution is -2.06. The molecule has 0 saturated carbocycles. The van der Waals surface area contributed by atoms with Gasteiger partial charge in [0.1, 0.15) is 12.4 Å². The Hall–Kier alpha value is -2.43. The third kappa shape index (κ3) is 3.51. The van der Waals surface area contributed by atoms with Crippen LogP contribution in [0.1, 0.15) is 21.5 Å². The van der Waals surface area contributed by atoms with Gasteiger partial charge < -0.3 is 10.5 Å². The van der Waals surface area contributed by atoms with Crippen LogP contribution in [0.4, 0.5) is 10.1 Å². The van der Waals surface area contributed by atoms with E-state index >= 15 is 0 Å². The van der Waals surface area contributed by atoms with Crippen molar-refractivity contribution in [3.8, 4) is 0 Å². The number of halogens is 1. The summed E-state index contributed by atoms with van der Waals surface area (Å²) in [6.45, 7) is 1.81. The highest BCUT2D eigenvalue weighted by Gasteiger charge is 2.09. The van der Waals surface area contributed by atoms with E-state index in [1.807, 2.05) is 6.92 Å². The Morgan fingerprint density at radius 1 is 1.32 bits per heavy atom. The molecular formula is C14H13FN2O2. The van der Waals surface area contributed by atoms with E-state index in [0.29, 0.717) is 16.8 Å². The second-order valence-corrected chi connectivity index (χ2v) is 4.22. The van der Waals surface area contributed by atoms with Gasteiger partial charge >= 0.3 is 5.97 Å². The van der Waals surface area contributed by atoms with E-state index in [-0.39, 0.29) is 6.61 Å². The molecule has 4 nitrogen and oxygen atoms in total. The Labute approximate surface area is 110 Å². The van der Waals surface area contributed by atoms with Crippen molar-refractivity contribution in [3.05, 3.63) is 59.2 Å². The Morgan fingerprint density at radius 3 is 2.79 bits per heavy atom. The molecule has 0 amide bonds. The van der Waals surface area contributed by atoms with E-state index < -0.39 is 11.8 Å². The molecule has 2 aromatic rings. The minimum atomic E-state index is -0.500. The lowest BCUT2D eigenvalue weighted by atomic mass is 10.1. The van der Waals surface area contributed by atoms with Gasteiger partial charge in [0.15, 0.2) is 0 Å². The van der Waals surface area contributed by atoms with E-state index in [0.717, 1.165) is 11.8 Å². The molecule has 1 heterocycles. The van der Waals surface area contributed by atoms with Crippen LogP contribution in [-0.4, -0.2) is 11.0 Å². The fourth-order valence-electron chi connectivity index (χ4n) is 1.70. The summed E-state index contributed by atoms with van der Waals surface area (Å²) in [6, 6.07) is 6.25. The van der Waals surface area contributed by atoms with Crippen molar-refractivity contribution in [2.24, 2.45) is 0 Å². The maximum absolute atomic E-state index is 12.9. The van der Waals surface area contributed by atoms with Crippen LogP contribution in [0.2, 0.25) is 0 Å². The van der Waals surface area contributed by atoms with Crippen LogP contribution in [0.25, 0.3) is 0 Å². The first-order chi connectivity index (χ1) is 9.04. The number of nitrogen functional groups attached to an aromatic ring is 1. The molecule has 98 valence electrons. The van der Waals surface area contributed by atoms with Crippen molar-refractivity contribution in [1.29, 1.82) is 0 Å². The Bertz CT molecular complexity index is 594. The van der Waals surface area contributed by atoms with E-state index in [2.05, 4.69) is 4.98 Å². The summed E-state index contributed by atoms with van der Waals surface area (Å²) in [6.07, 6.45) is 2.54. The number of esters is 1. The fraction of sp³-hybridized carbons (Fsp3) is 0.143. The zero-order valence-electron chi connectivity index (χ0n) is 10.4. The van der Waals surface area contributed by atoms with Crippen LogP contribution in [0, 0.1) is 12.7 Å². The van der Waals surface area contributed by atoms with Crippen LogP contribution in [0.5, 0.6) is 0 Å². The maximum Gasteiger partial charge on any atom is 0.338 e. The lowest BCUT2D eigenvalue weighted by molar-refractivity contribution is 0.0472. The zero-order valence-corrected chi connectivity index (χ0v) is 10.4. The highest BCUT2D eigenvalue weighted by atomic mass is 19.1. The number of hydrogen-bond acceptors (Lipinski definition) is 4. The molecule has 0 spiro atoms.